The second-order valence-corrected chi connectivity index (χ2v) is 8.65. The molecular weight excluding hydrogens is 392 g/mol. The first kappa shape index (κ1) is 19.5. The number of aryl methyl sites for hydroxylation is 1. The maximum Gasteiger partial charge on any atom is 0.329 e. The molecule has 0 bridgehead atoms. The monoisotopic (exact) mass is 418 g/mol. The molecule has 5 rings (SSSR count). The summed E-state index contributed by atoms with van der Waals surface area (Å²) in [5.74, 6) is 1.21. The van der Waals surface area contributed by atoms with Crippen molar-refractivity contribution in [3.63, 3.8) is 0 Å². The standard InChI is InChI=1S/C22H26N8O/c1-13(2)8-10-28-17-6-5-15(20(23)24)26-21(17)27-19(28)12-29-18-11-25-9-7-16(18)30(22(29)31)14-3-4-14/h5-7,9,11,13-14H,3-4,8,10,12H2,1-2H3,(H3,23,24). The van der Waals surface area contributed by atoms with Crippen LogP contribution in [-0.2, 0) is 13.1 Å². The Balaban J connectivity index is 1.65. The molecule has 0 radical (unpaired) electrons. The lowest BCUT2D eigenvalue weighted by Gasteiger charge is -2.11. The molecule has 0 saturated heterocycles. The summed E-state index contributed by atoms with van der Waals surface area (Å²) < 4.78 is 5.79. The van der Waals surface area contributed by atoms with E-state index in [9.17, 15) is 4.79 Å². The minimum atomic E-state index is -0.0880. The summed E-state index contributed by atoms with van der Waals surface area (Å²) in [6, 6.07) is 5.84. The zero-order valence-electron chi connectivity index (χ0n) is 17.7. The first-order chi connectivity index (χ1) is 14.9. The van der Waals surface area contributed by atoms with Crippen molar-refractivity contribution in [3.05, 3.63) is 52.6 Å². The number of nitrogens with one attached hydrogen (secondary N) is 1. The third kappa shape index (κ3) is 3.39. The molecule has 1 fully saturated rings. The Morgan fingerprint density at radius 3 is 2.68 bits per heavy atom. The van der Waals surface area contributed by atoms with Crippen molar-refractivity contribution in [2.24, 2.45) is 11.7 Å². The lowest BCUT2D eigenvalue weighted by molar-refractivity contribution is 0.506. The second-order valence-electron chi connectivity index (χ2n) is 8.65. The van der Waals surface area contributed by atoms with Gasteiger partial charge >= 0.3 is 5.69 Å². The van der Waals surface area contributed by atoms with Gasteiger partial charge in [0.2, 0.25) is 0 Å². The van der Waals surface area contributed by atoms with E-state index in [4.69, 9.17) is 16.1 Å². The molecule has 1 saturated carbocycles. The summed E-state index contributed by atoms with van der Waals surface area (Å²) in [6.45, 7) is 5.48. The highest BCUT2D eigenvalue weighted by atomic mass is 16.1. The summed E-state index contributed by atoms with van der Waals surface area (Å²) in [4.78, 5) is 26.8. The van der Waals surface area contributed by atoms with Gasteiger partial charge in [-0.25, -0.2) is 14.8 Å². The minimum Gasteiger partial charge on any atom is -0.382 e. The number of hydrogen-bond donors (Lipinski definition) is 2. The van der Waals surface area contributed by atoms with Gasteiger partial charge in [0.15, 0.2) is 5.65 Å². The van der Waals surface area contributed by atoms with Gasteiger partial charge in [-0.15, -0.1) is 0 Å². The summed E-state index contributed by atoms with van der Waals surface area (Å²) in [6.07, 6.45) is 6.53. The summed E-state index contributed by atoms with van der Waals surface area (Å²) >= 11 is 0. The molecule has 0 unspecified atom stereocenters. The number of amidine groups is 1. The molecule has 9 nitrogen and oxygen atoms in total. The minimum absolute atomic E-state index is 0.0228. The Morgan fingerprint density at radius 1 is 1.16 bits per heavy atom. The van der Waals surface area contributed by atoms with E-state index in [0.717, 1.165) is 48.2 Å². The molecule has 1 aliphatic carbocycles. The van der Waals surface area contributed by atoms with Crippen molar-refractivity contribution in [2.75, 3.05) is 0 Å². The average molecular weight is 419 g/mol. The molecule has 0 spiro atoms. The Bertz CT molecular complexity index is 1360. The van der Waals surface area contributed by atoms with Gasteiger partial charge in [0, 0.05) is 18.8 Å². The predicted molar refractivity (Wildman–Crippen MR) is 119 cm³/mol. The van der Waals surface area contributed by atoms with Crippen LogP contribution in [0.3, 0.4) is 0 Å². The van der Waals surface area contributed by atoms with Crippen molar-refractivity contribution >= 4 is 28.0 Å². The third-order valence-electron chi connectivity index (χ3n) is 5.87. The normalized spacial score (nSPS) is 14.2. The van der Waals surface area contributed by atoms with Crippen LogP contribution in [0.4, 0.5) is 0 Å². The Morgan fingerprint density at radius 2 is 1.97 bits per heavy atom. The Labute approximate surface area is 179 Å². The van der Waals surface area contributed by atoms with Crippen molar-refractivity contribution < 1.29 is 0 Å². The highest BCUT2D eigenvalue weighted by Gasteiger charge is 2.29. The predicted octanol–water partition coefficient (Wildman–Crippen LogP) is 2.66. The molecule has 3 N–H and O–H groups in total. The van der Waals surface area contributed by atoms with E-state index in [1.54, 1.807) is 23.0 Å². The molecule has 9 heteroatoms. The van der Waals surface area contributed by atoms with E-state index in [1.165, 1.54) is 0 Å². The summed E-state index contributed by atoms with van der Waals surface area (Å²) in [5.41, 5.74) is 9.17. The topological polar surface area (TPSA) is 120 Å². The molecule has 0 aliphatic heterocycles. The summed E-state index contributed by atoms with van der Waals surface area (Å²) in [7, 11) is 0. The molecule has 4 aromatic rings. The SMILES string of the molecule is CC(C)CCn1c(Cn2c(=O)n(C3CC3)c3ccncc32)nc2nc(C(=N)N)ccc21. The van der Waals surface area contributed by atoms with E-state index >= 15 is 0 Å². The van der Waals surface area contributed by atoms with Crippen LogP contribution in [-0.4, -0.2) is 34.5 Å². The van der Waals surface area contributed by atoms with Crippen molar-refractivity contribution in [1.82, 2.24) is 28.7 Å². The van der Waals surface area contributed by atoms with E-state index in [-0.39, 0.29) is 17.6 Å². The van der Waals surface area contributed by atoms with Crippen LogP contribution in [0.2, 0.25) is 0 Å². The fraction of sp³-hybridized carbons (Fsp3) is 0.409. The maximum absolute atomic E-state index is 13.3. The van der Waals surface area contributed by atoms with Crippen molar-refractivity contribution in [1.29, 1.82) is 5.41 Å². The molecule has 160 valence electrons. The first-order valence-electron chi connectivity index (χ1n) is 10.7. The van der Waals surface area contributed by atoms with E-state index in [1.807, 2.05) is 16.7 Å². The molecule has 1 aliphatic rings. The number of nitrogens with zero attached hydrogens (tertiary/aromatic N) is 6. The fourth-order valence-electron chi connectivity index (χ4n) is 4.07. The smallest absolute Gasteiger partial charge is 0.329 e. The largest absolute Gasteiger partial charge is 0.382 e. The molecule has 0 atom stereocenters. The van der Waals surface area contributed by atoms with Gasteiger partial charge in [-0.3, -0.25) is 19.5 Å². The quantitative estimate of drug-likeness (QED) is 0.353. The van der Waals surface area contributed by atoms with Crippen molar-refractivity contribution in [2.45, 2.75) is 52.2 Å². The zero-order valence-corrected chi connectivity index (χ0v) is 17.7. The lowest BCUT2D eigenvalue weighted by atomic mass is 10.1. The van der Waals surface area contributed by atoms with E-state index in [2.05, 4.69) is 28.4 Å². The number of rotatable bonds is 7. The van der Waals surface area contributed by atoms with Gasteiger partial charge in [-0.05, 0) is 43.4 Å². The average Bonchev–Trinajstić information content (AvgIpc) is 3.46. The molecule has 31 heavy (non-hydrogen) atoms. The lowest BCUT2D eigenvalue weighted by Crippen LogP contribution is -2.25. The van der Waals surface area contributed by atoms with Gasteiger partial charge in [0.05, 0.1) is 29.3 Å². The number of pyridine rings is 2. The van der Waals surface area contributed by atoms with E-state index < -0.39 is 0 Å². The van der Waals surface area contributed by atoms with Gasteiger partial charge in [0.1, 0.15) is 17.4 Å². The van der Waals surface area contributed by atoms with Crippen LogP contribution in [0, 0.1) is 11.3 Å². The number of hydrogen-bond acceptors (Lipinski definition) is 5. The fourth-order valence-corrected chi connectivity index (χ4v) is 4.07. The number of aromatic nitrogens is 6. The van der Waals surface area contributed by atoms with Crippen LogP contribution < -0.4 is 11.4 Å². The highest BCUT2D eigenvalue weighted by molar-refractivity contribution is 5.94. The third-order valence-corrected chi connectivity index (χ3v) is 5.87. The zero-order chi connectivity index (χ0) is 21.7. The van der Waals surface area contributed by atoms with Crippen molar-refractivity contribution in [3.8, 4) is 0 Å². The Kier molecular flexibility index (Phi) is 4.60. The number of fused-ring (bicyclic) bond motifs is 2. The molecule has 4 heterocycles. The van der Waals surface area contributed by atoms with Gasteiger partial charge in [-0.2, -0.15) is 0 Å². The van der Waals surface area contributed by atoms with Gasteiger partial charge in [-0.1, -0.05) is 13.8 Å². The number of nitrogens with two attached hydrogens (primary N) is 1. The summed E-state index contributed by atoms with van der Waals surface area (Å²) in [5, 5.41) is 7.68. The van der Waals surface area contributed by atoms with Crippen LogP contribution in [0.1, 0.15) is 50.7 Å². The second kappa shape index (κ2) is 7.33. The molecule has 4 aromatic heterocycles. The highest BCUT2D eigenvalue weighted by Crippen LogP contribution is 2.36. The molecule has 0 amide bonds. The van der Waals surface area contributed by atoms with E-state index in [0.29, 0.717) is 23.8 Å². The van der Waals surface area contributed by atoms with Crippen LogP contribution in [0.5, 0.6) is 0 Å². The molecule has 0 aromatic carbocycles. The van der Waals surface area contributed by atoms with Gasteiger partial charge in [0.25, 0.3) is 0 Å². The number of imidazole rings is 2. The van der Waals surface area contributed by atoms with Crippen LogP contribution in [0.15, 0.2) is 35.4 Å². The van der Waals surface area contributed by atoms with Crippen LogP contribution in [0.25, 0.3) is 22.2 Å². The van der Waals surface area contributed by atoms with Gasteiger partial charge < -0.3 is 10.3 Å². The van der Waals surface area contributed by atoms with Crippen LogP contribution >= 0.6 is 0 Å². The number of nitrogen functional groups attached to an aromatic ring is 1. The molecular formula is C22H26N8O. The first-order valence-corrected chi connectivity index (χ1v) is 10.7. The Hall–Kier alpha value is -3.49. The maximum atomic E-state index is 13.3.